The van der Waals surface area contributed by atoms with Crippen molar-refractivity contribution >= 4 is 11.9 Å². The molecule has 2 aliphatic heterocycles. The van der Waals surface area contributed by atoms with Gasteiger partial charge in [-0.15, -0.1) is 0 Å². The summed E-state index contributed by atoms with van der Waals surface area (Å²) in [6.45, 7) is 12.6. The Labute approximate surface area is 220 Å². The molecule has 1 saturated heterocycles. The number of ether oxygens (including phenoxy) is 1. The van der Waals surface area contributed by atoms with Gasteiger partial charge in [0.15, 0.2) is 5.82 Å². The minimum Gasteiger partial charge on any atom is -0.443 e. The molecule has 1 atom stereocenters. The number of hydrogen-bond acceptors (Lipinski definition) is 5. The summed E-state index contributed by atoms with van der Waals surface area (Å²) in [7, 11) is 0. The largest absolute Gasteiger partial charge is 0.443 e. The molecule has 1 unspecified atom stereocenters. The Bertz CT molecular complexity index is 1260. The lowest BCUT2D eigenvalue weighted by Crippen LogP contribution is -2.53. The monoisotopic (exact) mass is 498 g/mol. The van der Waals surface area contributed by atoms with E-state index in [1.54, 1.807) is 4.90 Å². The first-order valence-corrected chi connectivity index (χ1v) is 13.5. The van der Waals surface area contributed by atoms with Gasteiger partial charge in [0.2, 0.25) is 0 Å². The van der Waals surface area contributed by atoms with Crippen LogP contribution < -0.4 is 4.90 Å². The molecular weight excluding hydrogens is 460 g/mol. The third kappa shape index (κ3) is 5.69. The van der Waals surface area contributed by atoms with Gasteiger partial charge in [-0.2, -0.15) is 0 Å². The van der Waals surface area contributed by atoms with E-state index in [2.05, 4.69) is 67.3 Å². The van der Waals surface area contributed by atoms with Crippen molar-refractivity contribution in [1.29, 1.82) is 0 Å². The smallest absolute Gasteiger partial charge is 0.416 e. The number of fused-ring (bicyclic) bond motifs is 1. The van der Waals surface area contributed by atoms with Gasteiger partial charge < -0.3 is 4.74 Å². The van der Waals surface area contributed by atoms with Crippen molar-refractivity contribution in [3.8, 4) is 22.5 Å². The molecule has 0 aliphatic carbocycles. The number of benzene rings is 2. The van der Waals surface area contributed by atoms with Crippen LogP contribution in [0.2, 0.25) is 0 Å². The number of piperidine rings is 1. The third-order valence-electron chi connectivity index (χ3n) is 7.20. The molecule has 1 aromatic heterocycles. The van der Waals surface area contributed by atoms with E-state index in [1.165, 1.54) is 30.4 Å². The molecule has 37 heavy (non-hydrogen) atoms. The summed E-state index contributed by atoms with van der Waals surface area (Å²) < 4.78 is 5.86. The molecule has 0 spiro atoms. The third-order valence-corrected chi connectivity index (χ3v) is 7.20. The fraction of sp³-hybridized carbons (Fsp3) is 0.452. The van der Waals surface area contributed by atoms with Crippen molar-refractivity contribution in [2.24, 2.45) is 0 Å². The van der Waals surface area contributed by atoms with Crippen LogP contribution >= 0.6 is 0 Å². The first-order chi connectivity index (χ1) is 17.7. The summed E-state index contributed by atoms with van der Waals surface area (Å²) in [6, 6.07) is 17.0. The van der Waals surface area contributed by atoms with Crippen molar-refractivity contribution < 1.29 is 9.53 Å². The van der Waals surface area contributed by atoms with Crippen LogP contribution in [0.4, 0.5) is 10.6 Å². The highest BCUT2D eigenvalue weighted by molar-refractivity contribution is 5.90. The average molecular weight is 499 g/mol. The van der Waals surface area contributed by atoms with E-state index in [-0.39, 0.29) is 12.1 Å². The number of amides is 1. The first kappa shape index (κ1) is 25.4. The van der Waals surface area contributed by atoms with Crippen molar-refractivity contribution in [1.82, 2.24) is 14.9 Å². The lowest BCUT2D eigenvalue weighted by Gasteiger charge is -2.41. The standard InChI is InChI=1S/C31H38N4O2/c1-21-9-13-23(14-10-21)27-28(24-15-11-22(2)12-16-24)33-29-26(32-27)19-25(34-17-7-6-8-18-34)20-35(29)30(36)37-31(3,4)5/h9-16,25H,6-8,17-20H2,1-5H3. The van der Waals surface area contributed by atoms with E-state index in [4.69, 9.17) is 14.7 Å². The van der Waals surface area contributed by atoms with E-state index < -0.39 is 5.60 Å². The number of likely N-dealkylation sites (tertiary alicyclic amines) is 1. The second-order valence-electron chi connectivity index (χ2n) is 11.5. The van der Waals surface area contributed by atoms with Crippen molar-refractivity contribution in [3.05, 3.63) is 65.4 Å². The van der Waals surface area contributed by atoms with Gasteiger partial charge in [0, 0.05) is 30.1 Å². The summed E-state index contributed by atoms with van der Waals surface area (Å²) >= 11 is 0. The van der Waals surface area contributed by atoms with Crippen LogP contribution in [0.15, 0.2) is 48.5 Å². The SMILES string of the molecule is Cc1ccc(-c2nc3c(nc2-c2ccc(C)cc2)N(C(=O)OC(C)(C)C)CC(N2CCCCC2)C3)cc1. The van der Waals surface area contributed by atoms with Gasteiger partial charge in [0.05, 0.1) is 17.1 Å². The number of rotatable bonds is 3. The van der Waals surface area contributed by atoms with Gasteiger partial charge in [-0.25, -0.2) is 14.8 Å². The number of aromatic nitrogens is 2. The first-order valence-electron chi connectivity index (χ1n) is 13.5. The molecule has 3 aromatic rings. The van der Waals surface area contributed by atoms with Crippen molar-refractivity contribution in [3.63, 3.8) is 0 Å². The predicted octanol–water partition coefficient (Wildman–Crippen LogP) is 6.58. The zero-order chi connectivity index (χ0) is 26.2. The number of anilines is 1. The Morgan fingerprint density at radius 2 is 1.38 bits per heavy atom. The van der Waals surface area contributed by atoms with E-state index >= 15 is 0 Å². The normalized spacial score (nSPS) is 18.4. The molecule has 1 fully saturated rings. The van der Waals surface area contributed by atoms with Crippen LogP contribution in [0.3, 0.4) is 0 Å². The van der Waals surface area contributed by atoms with Crippen molar-refractivity contribution in [2.45, 2.75) is 71.9 Å². The molecule has 0 saturated carbocycles. The predicted molar refractivity (Wildman–Crippen MR) is 149 cm³/mol. The lowest BCUT2D eigenvalue weighted by atomic mass is 9.98. The molecular formula is C31H38N4O2. The summed E-state index contributed by atoms with van der Waals surface area (Å²) in [6.07, 6.45) is 4.08. The Hall–Kier alpha value is -3.25. The maximum Gasteiger partial charge on any atom is 0.416 e. The quantitative estimate of drug-likeness (QED) is 0.408. The zero-order valence-corrected chi connectivity index (χ0v) is 22.8. The summed E-state index contributed by atoms with van der Waals surface area (Å²) in [5.41, 5.74) is 6.31. The number of hydrogen-bond donors (Lipinski definition) is 0. The maximum atomic E-state index is 13.5. The zero-order valence-electron chi connectivity index (χ0n) is 22.8. The van der Waals surface area contributed by atoms with Gasteiger partial charge in [-0.1, -0.05) is 66.1 Å². The lowest BCUT2D eigenvalue weighted by molar-refractivity contribution is 0.0554. The van der Waals surface area contributed by atoms with Crippen LogP contribution in [-0.2, 0) is 11.2 Å². The number of carbonyl (C=O) groups excluding carboxylic acids is 1. The van der Waals surface area contributed by atoms with Gasteiger partial charge in [-0.05, 0) is 60.5 Å². The molecule has 6 heteroatoms. The van der Waals surface area contributed by atoms with Gasteiger partial charge in [-0.3, -0.25) is 9.80 Å². The summed E-state index contributed by atoms with van der Waals surface area (Å²) in [4.78, 5) is 28.2. The van der Waals surface area contributed by atoms with E-state index in [0.29, 0.717) is 12.4 Å². The van der Waals surface area contributed by atoms with E-state index in [9.17, 15) is 4.79 Å². The van der Waals surface area contributed by atoms with Crippen LogP contribution in [0.25, 0.3) is 22.5 Å². The van der Waals surface area contributed by atoms with Gasteiger partial charge in [0.25, 0.3) is 0 Å². The fourth-order valence-corrected chi connectivity index (χ4v) is 5.23. The van der Waals surface area contributed by atoms with Crippen LogP contribution in [0.5, 0.6) is 0 Å². The summed E-state index contributed by atoms with van der Waals surface area (Å²) in [5.74, 6) is 0.619. The second-order valence-corrected chi connectivity index (χ2v) is 11.5. The molecule has 0 bridgehead atoms. The molecule has 194 valence electrons. The Kier molecular flexibility index (Phi) is 7.04. The molecule has 5 rings (SSSR count). The fourth-order valence-electron chi connectivity index (χ4n) is 5.23. The number of nitrogens with zero attached hydrogens (tertiary/aromatic N) is 4. The van der Waals surface area contributed by atoms with Crippen LogP contribution in [0.1, 0.15) is 56.9 Å². The Morgan fingerprint density at radius 3 is 1.92 bits per heavy atom. The number of aryl methyl sites for hydroxylation is 2. The average Bonchev–Trinajstić information content (AvgIpc) is 2.88. The molecule has 0 radical (unpaired) electrons. The van der Waals surface area contributed by atoms with E-state index in [1.807, 2.05) is 20.8 Å². The van der Waals surface area contributed by atoms with Crippen LogP contribution in [0, 0.1) is 13.8 Å². The molecule has 3 heterocycles. The highest BCUT2D eigenvalue weighted by atomic mass is 16.6. The van der Waals surface area contributed by atoms with E-state index in [0.717, 1.165) is 47.7 Å². The molecule has 2 aromatic carbocycles. The topological polar surface area (TPSA) is 58.6 Å². The minimum absolute atomic E-state index is 0.200. The van der Waals surface area contributed by atoms with Gasteiger partial charge >= 0.3 is 6.09 Å². The molecule has 1 amide bonds. The molecule has 2 aliphatic rings. The molecule has 6 nitrogen and oxygen atoms in total. The highest BCUT2D eigenvalue weighted by Crippen LogP contribution is 2.36. The van der Waals surface area contributed by atoms with Gasteiger partial charge in [0.1, 0.15) is 5.60 Å². The highest BCUT2D eigenvalue weighted by Gasteiger charge is 2.37. The maximum absolute atomic E-state index is 13.5. The van der Waals surface area contributed by atoms with Crippen molar-refractivity contribution in [2.75, 3.05) is 24.5 Å². The molecule has 0 N–H and O–H groups in total. The van der Waals surface area contributed by atoms with Crippen LogP contribution in [-0.4, -0.2) is 52.2 Å². The Morgan fingerprint density at radius 1 is 0.838 bits per heavy atom. The second kappa shape index (κ2) is 10.3. The minimum atomic E-state index is -0.593. The Balaban J connectivity index is 1.65. The summed E-state index contributed by atoms with van der Waals surface area (Å²) in [5, 5.41) is 0. The number of carbonyl (C=O) groups is 1.